The lowest BCUT2D eigenvalue weighted by Gasteiger charge is -2.16. The SMILES string of the molecule is CN(C)C(=CC=O)c1cccc(I)c1. The number of carbonyl (C=O) groups excluding carboxylic acids is 1. The minimum atomic E-state index is 0.815. The van der Waals surface area contributed by atoms with Crippen LogP contribution in [0.15, 0.2) is 30.3 Å². The monoisotopic (exact) mass is 301 g/mol. The van der Waals surface area contributed by atoms with Crippen LogP contribution < -0.4 is 0 Å². The van der Waals surface area contributed by atoms with Gasteiger partial charge in [0.1, 0.15) is 6.29 Å². The van der Waals surface area contributed by atoms with Gasteiger partial charge in [0.05, 0.1) is 0 Å². The molecule has 0 unspecified atom stereocenters. The van der Waals surface area contributed by atoms with Crippen molar-refractivity contribution in [3.8, 4) is 0 Å². The quantitative estimate of drug-likeness (QED) is 0.485. The van der Waals surface area contributed by atoms with Crippen molar-refractivity contribution in [1.82, 2.24) is 4.90 Å². The third kappa shape index (κ3) is 2.83. The molecule has 0 aliphatic rings. The van der Waals surface area contributed by atoms with Gasteiger partial charge in [-0.15, -0.1) is 0 Å². The summed E-state index contributed by atoms with van der Waals surface area (Å²) in [6.07, 6.45) is 2.39. The fraction of sp³-hybridized carbons (Fsp3) is 0.182. The van der Waals surface area contributed by atoms with Crippen molar-refractivity contribution < 1.29 is 4.79 Å². The van der Waals surface area contributed by atoms with Crippen molar-refractivity contribution in [1.29, 1.82) is 0 Å². The van der Waals surface area contributed by atoms with E-state index in [-0.39, 0.29) is 0 Å². The Balaban J connectivity index is 3.12. The van der Waals surface area contributed by atoms with E-state index in [1.165, 1.54) is 3.57 Å². The summed E-state index contributed by atoms with van der Waals surface area (Å²) in [5.41, 5.74) is 1.99. The predicted molar refractivity (Wildman–Crippen MR) is 66.9 cm³/mol. The molecule has 74 valence electrons. The highest BCUT2D eigenvalue weighted by Gasteiger charge is 2.03. The van der Waals surface area contributed by atoms with E-state index in [0.717, 1.165) is 17.5 Å². The standard InChI is InChI=1S/C11H12INO/c1-13(2)11(6-7-14)9-4-3-5-10(12)8-9/h3-8H,1-2H3. The third-order valence-electron chi connectivity index (χ3n) is 1.83. The number of hydrogen-bond donors (Lipinski definition) is 0. The summed E-state index contributed by atoms with van der Waals surface area (Å²) in [4.78, 5) is 12.4. The highest BCUT2D eigenvalue weighted by molar-refractivity contribution is 14.1. The van der Waals surface area contributed by atoms with Gasteiger partial charge in [-0.3, -0.25) is 4.79 Å². The molecule has 14 heavy (non-hydrogen) atoms. The van der Waals surface area contributed by atoms with E-state index in [4.69, 9.17) is 0 Å². The highest BCUT2D eigenvalue weighted by atomic mass is 127. The number of allylic oxidation sites excluding steroid dienone is 1. The summed E-state index contributed by atoms with van der Waals surface area (Å²) in [5, 5.41) is 0. The molecule has 2 nitrogen and oxygen atoms in total. The van der Waals surface area contributed by atoms with Crippen LogP contribution in [0.1, 0.15) is 5.56 Å². The van der Waals surface area contributed by atoms with E-state index in [9.17, 15) is 4.79 Å². The molecule has 0 saturated carbocycles. The molecule has 0 aliphatic carbocycles. The molecule has 1 aromatic rings. The van der Waals surface area contributed by atoms with Gasteiger partial charge >= 0.3 is 0 Å². The van der Waals surface area contributed by atoms with Gasteiger partial charge in [0.2, 0.25) is 0 Å². The maximum Gasteiger partial charge on any atom is 0.144 e. The largest absolute Gasteiger partial charge is 0.377 e. The summed E-state index contributed by atoms with van der Waals surface area (Å²) in [5.74, 6) is 0. The second kappa shape index (κ2) is 5.14. The van der Waals surface area contributed by atoms with E-state index in [1.807, 2.05) is 37.2 Å². The lowest BCUT2D eigenvalue weighted by Crippen LogP contribution is -2.10. The number of hydrogen-bond acceptors (Lipinski definition) is 2. The molecule has 0 heterocycles. The third-order valence-corrected chi connectivity index (χ3v) is 2.50. The first-order valence-corrected chi connectivity index (χ1v) is 5.31. The Hall–Kier alpha value is -0.840. The Labute approximate surface area is 97.7 Å². The zero-order valence-corrected chi connectivity index (χ0v) is 10.4. The second-order valence-corrected chi connectivity index (χ2v) is 4.34. The molecule has 1 aromatic carbocycles. The van der Waals surface area contributed by atoms with Crippen LogP contribution in [-0.4, -0.2) is 25.3 Å². The van der Waals surface area contributed by atoms with E-state index in [1.54, 1.807) is 6.08 Å². The first kappa shape index (κ1) is 11.2. The molecular formula is C11H12INO. The summed E-state index contributed by atoms with van der Waals surface area (Å²) in [7, 11) is 3.85. The molecule has 0 fully saturated rings. The van der Waals surface area contributed by atoms with Gasteiger partial charge in [-0.1, -0.05) is 12.1 Å². The molecule has 0 atom stereocenters. The molecular weight excluding hydrogens is 289 g/mol. The first-order valence-electron chi connectivity index (χ1n) is 4.24. The lowest BCUT2D eigenvalue weighted by atomic mass is 10.1. The molecule has 0 amide bonds. The molecule has 0 aromatic heterocycles. The zero-order valence-electron chi connectivity index (χ0n) is 8.20. The predicted octanol–water partition coefficient (Wildman–Crippen LogP) is 2.39. The molecule has 3 heteroatoms. The van der Waals surface area contributed by atoms with Crippen LogP contribution in [0, 0.1) is 3.57 Å². The number of aldehydes is 1. The van der Waals surface area contributed by atoms with Gasteiger partial charge in [0.15, 0.2) is 0 Å². The van der Waals surface area contributed by atoms with E-state index < -0.39 is 0 Å². The zero-order chi connectivity index (χ0) is 10.6. The summed E-state index contributed by atoms with van der Waals surface area (Å²) in [6, 6.07) is 8.06. The summed E-state index contributed by atoms with van der Waals surface area (Å²) < 4.78 is 1.17. The maximum atomic E-state index is 10.5. The van der Waals surface area contributed by atoms with E-state index in [2.05, 4.69) is 28.7 Å². The topological polar surface area (TPSA) is 20.3 Å². The maximum absolute atomic E-state index is 10.5. The average Bonchev–Trinajstić information content (AvgIpc) is 2.13. The Morgan fingerprint density at radius 3 is 2.64 bits per heavy atom. The van der Waals surface area contributed by atoms with Gasteiger partial charge in [-0.2, -0.15) is 0 Å². The van der Waals surface area contributed by atoms with E-state index >= 15 is 0 Å². The van der Waals surface area contributed by atoms with Crippen LogP contribution in [0.5, 0.6) is 0 Å². The van der Waals surface area contributed by atoms with Crippen molar-refractivity contribution in [2.24, 2.45) is 0 Å². The van der Waals surface area contributed by atoms with Crippen molar-refractivity contribution >= 4 is 34.6 Å². The van der Waals surface area contributed by atoms with Crippen LogP contribution >= 0.6 is 22.6 Å². The van der Waals surface area contributed by atoms with Crippen LogP contribution in [0.2, 0.25) is 0 Å². The molecule has 0 saturated heterocycles. The van der Waals surface area contributed by atoms with Gasteiger partial charge < -0.3 is 4.90 Å². The van der Waals surface area contributed by atoms with Crippen LogP contribution in [-0.2, 0) is 4.79 Å². The fourth-order valence-corrected chi connectivity index (χ4v) is 1.76. The minimum Gasteiger partial charge on any atom is -0.377 e. The number of halogens is 1. The second-order valence-electron chi connectivity index (χ2n) is 3.09. The molecule has 0 N–H and O–H groups in total. The summed E-state index contributed by atoms with van der Waals surface area (Å²) in [6.45, 7) is 0. The first-order chi connectivity index (χ1) is 6.65. The Morgan fingerprint density at radius 1 is 1.43 bits per heavy atom. The summed E-state index contributed by atoms with van der Waals surface area (Å²) >= 11 is 2.26. The minimum absolute atomic E-state index is 0.815. The van der Waals surface area contributed by atoms with Crippen molar-refractivity contribution in [3.63, 3.8) is 0 Å². The van der Waals surface area contributed by atoms with Crippen LogP contribution in [0.4, 0.5) is 0 Å². The fourth-order valence-electron chi connectivity index (χ4n) is 1.22. The number of benzene rings is 1. The lowest BCUT2D eigenvalue weighted by molar-refractivity contribution is -0.104. The van der Waals surface area contributed by atoms with Gasteiger partial charge in [0, 0.05) is 29.4 Å². The smallest absolute Gasteiger partial charge is 0.144 e. The number of rotatable bonds is 3. The molecule has 0 spiro atoms. The Bertz CT molecular complexity index is 358. The Morgan fingerprint density at radius 2 is 2.14 bits per heavy atom. The van der Waals surface area contributed by atoms with Gasteiger partial charge in [0.25, 0.3) is 0 Å². The molecule has 0 bridgehead atoms. The van der Waals surface area contributed by atoms with Crippen molar-refractivity contribution in [2.75, 3.05) is 14.1 Å². The molecule has 0 radical (unpaired) electrons. The van der Waals surface area contributed by atoms with E-state index in [0.29, 0.717) is 0 Å². The van der Waals surface area contributed by atoms with Crippen LogP contribution in [0.3, 0.4) is 0 Å². The average molecular weight is 301 g/mol. The highest BCUT2D eigenvalue weighted by Crippen LogP contribution is 2.18. The van der Waals surface area contributed by atoms with Crippen LogP contribution in [0.25, 0.3) is 5.70 Å². The molecule has 0 aliphatic heterocycles. The van der Waals surface area contributed by atoms with Gasteiger partial charge in [-0.25, -0.2) is 0 Å². The number of nitrogens with zero attached hydrogens (tertiary/aromatic N) is 1. The van der Waals surface area contributed by atoms with Gasteiger partial charge in [-0.05, 0) is 40.3 Å². The number of carbonyl (C=O) groups is 1. The van der Waals surface area contributed by atoms with Crippen molar-refractivity contribution in [3.05, 3.63) is 39.5 Å². The van der Waals surface area contributed by atoms with Crippen molar-refractivity contribution in [2.45, 2.75) is 0 Å². The normalized spacial score (nSPS) is 11.2. The molecule has 1 rings (SSSR count). The Kier molecular flexibility index (Phi) is 4.13.